The molecule has 0 spiro atoms. The van der Waals surface area contributed by atoms with Crippen LogP contribution in [-0.2, 0) is 6.42 Å². The number of rotatable bonds is 5. The van der Waals surface area contributed by atoms with E-state index in [0.717, 1.165) is 46.8 Å². The molecule has 0 radical (unpaired) electrons. The predicted molar refractivity (Wildman–Crippen MR) is 123 cm³/mol. The van der Waals surface area contributed by atoms with E-state index in [4.69, 9.17) is 9.72 Å². The van der Waals surface area contributed by atoms with Crippen molar-refractivity contribution in [2.24, 2.45) is 0 Å². The highest BCUT2D eigenvalue weighted by atomic mass is 16.5. The Labute approximate surface area is 182 Å². The number of para-hydroxylation sites is 1. The van der Waals surface area contributed by atoms with Gasteiger partial charge in [-0.05, 0) is 43.8 Å². The van der Waals surface area contributed by atoms with Crippen LogP contribution in [0, 0.1) is 0 Å². The van der Waals surface area contributed by atoms with Crippen molar-refractivity contribution in [1.29, 1.82) is 0 Å². The second-order valence-corrected chi connectivity index (χ2v) is 7.97. The molecule has 0 atom stereocenters. The van der Waals surface area contributed by atoms with E-state index < -0.39 is 0 Å². The molecule has 1 aliphatic carbocycles. The average molecular weight is 409 g/mol. The standard InChI is InChI=1S/C26H24N4O/c1-30(2)15-16-31-23-14-8-7-13-22(23)26-27-24-20-11-5-3-9-18(20)17-19-10-4-6-12-21(19)25(24)28-29-26/h3-14H,15-17H2,1-2H3. The van der Waals surface area contributed by atoms with Crippen molar-refractivity contribution in [3.8, 4) is 39.7 Å². The van der Waals surface area contributed by atoms with Gasteiger partial charge in [-0.25, -0.2) is 4.98 Å². The van der Waals surface area contributed by atoms with Crippen LogP contribution in [0.1, 0.15) is 11.1 Å². The summed E-state index contributed by atoms with van der Waals surface area (Å²) >= 11 is 0. The van der Waals surface area contributed by atoms with E-state index in [1.54, 1.807) is 0 Å². The number of nitrogens with zero attached hydrogens (tertiary/aromatic N) is 4. The molecule has 0 N–H and O–H groups in total. The third-order valence-electron chi connectivity index (χ3n) is 5.54. The molecule has 1 heterocycles. The Bertz CT molecular complexity index is 1240. The summed E-state index contributed by atoms with van der Waals surface area (Å²) < 4.78 is 6.05. The normalized spacial score (nSPS) is 12.0. The first-order valence-corrected chi connectivity index (χ1v) is 10.5. The van der Waals surface area contributed by atoms with Crippen LogP contribution < -0.4 is 4.74 Å². The van der Waals surface area contributed by atoms with Gasteiger partial charge in [-0.1, -0.05) is 60.7 Å². The molecule has 5 heteroatoms. The maximum absolute atomic E-state index is 6.05. The molecule has 4 aromatic rings. The lowest BCUT2D eigenvalue weighted by Gasteiger charge is -2.14. The lowest BCUT2D eigenvalue weighted by molar-refractivity contribution is 0.262. The fraction of sp³-hybridized carbons (Fsp3) is 0.192. The summed E-state index contributed by atoms with van der Waals surface area (Å²) in [6.07, 6.45) is 0.851. The number of benzene rings is 3. The molecule has 5 nitrogen and oxygen atoms in total. The van der Waals surface area contributed by atoms with Gasteiger partial charge in [0.25, 0.3) is 0 Å². The number of ether oxygens (including phenoxy) is 1. The number of hydrogen-bond acceptors (Lipinski definition) is 5. The van der Waals surface area contributed by atoms with Crippen LogP contribution in [0.4, 0.5) is 0 Å². The third-order valence-corrected chi connectivity index (χ3v) is 5.54. The Hall–Kier alpha value is -3.57. The molecule has 0 saturated heterocycles. The number of hydrogen-bond donors (Lipinski definition) is 0. The minimum absolute atomic E-state index is 0.577. The van der Waals surface area contributed by atoms with Gasteiger partial charge in [0.05, 0.1) is 5.56 Å². The molecule has 0 aliphatic heterocycles. The van der Waals surface area contributed by atoms with Crippen LogP contribution >= 0.6 is 0 Å². The number of aromatic nitrogens is 3. The van der Waals surface area contributed by atoms with Crippen LogP contribution in [-0.4, -0.2) is 47.3 Å². The molecule has 0 unspecified atom stereocenters. The van der Waals surface area contributed by atoms with Crippen molar-refractivity contribution in [2.45, 2.75) is 6.42 Å². The Morgan fingerprint density at radius 1 is 0.742 bits per heavy atom. The van der Waals surface area contributed by atoms with E-state index in [-0.39, 0.29) is 0 Å². The zero-order valence-electron chi connectivity index (χ0n) is 17.7. The summed E-state index contributed by atoms with van der Waals surface area (Å²) in [4.78, 5) is 7.12. The SMILES string of the molecule is CN(C)CCOc1ccccc1-c1nnc2c(n1)-c1ccccc1Cc1ccccc1-2. The molecule has 3 aromatic carbocycles. The van der Waals surface area contributed by atoms with Crippen LogP contribution in [0.25, 0.3) is 33.9 Å². The average Bonchev–Trinajstić information content (AvgIpc) is 2.93. The highest BCUT2D eigenvalue weighted by Crippen LogP contribution is 2.39. The molecular formula is C26H24N4O. The first-order valence-electron chi connectivity index (χ1n) is 10.5. The van der Waals surface area contributed by atoms with Crippen molar-refractivity contribution in [1.82, 2.24) is 20.1 Å². The van der Waals surface area contributed by atoms with Gasteiger partial charge < -0.3 is 9.64 Å². The summed E-state index contributed by atoms with van der Waals surface area (Å²) in [5.74, 6) is 1.35. The van der Waals surface area contributed by atoms with Gasteiger partial charge in [-0.15, -0.1) is 10.2 Å². The molecule has 0 fully saturated rings. The molecule has 154 valence electrons. The van der Waals surface area contributed by atoms with Gasteiger partial charge in [-0.2, -0.15) is 0 Å². The molecule has 0 amide bonds. The van der Waals surface area contributed by atoms with Crippen LogP contribution in [0.3, 0.4) is 0 Å². The minimum atomic E-state index is 0.577. The Kier molecular flexibility index (Phi) is 5.18. The summed E-state index contributed by atoms with van der Waals surface area (Å²) in [6, 6.07) is 24.7. The summed E-state index contributed by atoms with van der Waals surface area (Å²) in [7, 11) is 4.06. The molecule has 0 bridgehead atoms. The quantitative estimate of drug-likeness (QED) is 0.421. The Morgan fingerprint density at radius 2 is 1.35 bits per heavy atom. The predicted octanol–water partition coefficient (Wildman–Crippen LogP) is 4.72. The van der Waals surface area contributed by atoms with Crippen molar-refractivity contribution in [3.63, 3.8) is 0 Å². The smallest absolute Gasteiger partial charge is 0.186 e. The van der Waals surface area contributed by atoms with Crippen molar-refractivity contribution < 1.29 is 4.74 Å². The van der Waals surface area contributed by atoms with E-state index in [2.05, 4.69) is 57.6 Å². The fourth-order valence-corrected chi connectivity index (χ4v) is 3.94. The lowest BCUT2D eigenvalue weighted by Crippen LogP contribution is -2.19. The van der Waals surface area contributed by atoms with Crippen molar-refractivity contribution >= 4 is 0 Å². The largest absolute Gasteiger partial charge is 0.491 e. The maximum atomic E-state index is 6.05. The minimum Gasteiger partial charge on any atom is -0.491 e. The summed E-state index contributed by atoms with van der Waals surface area (Å²) in [5.41, 5.74) is 7.24. The molecule has 0 saturated carbocycles. The molecule has 31 heavy (non-hydrogen) atoms. The molecule has 1 aromatic heterocycles. The topological polar surface area (TPSA) is 51.1 Å². The Morgan fingerprint density at radius 3 is 2.06 bits per heavy atom. The van der Waals surface area contributed by atoms with Crippen LogP contribution in [0.2, 0.25) is 0 Å². The Balaban J connectivity index is 1.63. The molecular weight excluding hydrogens is 384 g/mol. The number of likely N-dealkylation sites (N-methyl/N-ethyl adjacent to an activating group) is 1. The van der Waals surface area contributed by atoms with E-state index in [1.807, 2.05) is 44.4 Å². The second kappa shape index (κ2) is 8.28. The second-order valence-electron chi connectivity index (χ2n) is 7.97. The van der Waals surface area contributed by atoms with E-state index in [9.17, 15) is 0 Å². The van der Waals surface area contributed by atoms with E-state index >= 15 is 0 Å². The fourth-order valence-electron chi connectivity index (χ4n) is 3.94. The third kappa shape index (κ3) is 3.80. The van der Waals surface area contributed by atoms with Gasteiger partial charge in [-0.3, -0.25) is 0 Å². The van der Waals surface area contributed by atoms with Crippen molar-refractivity contribution in [2.75, 3.05) is 27.2 Å². The van der Waals surface area contributed by atoms with Gasteiger partial charge >= 0.3 is 0 Å². The number of fused-ring (bicyclic) bond motifs is 5. The van der Waals surface area contributed by atoms with Gasteiger partial charge in [0.2, 0.25) is 0 Å². The van der Waals surface area contributed by atoms with Crippen LogP contribution in [0.15, 0.2) is 72.8 Å². The van der Waals surface area contributed by atoms with Crippen molar-refractivity contribution in [3.05, 3.63) is 83.9 Å². The first-order chi connectivity index (χ1) is 15.2. The molecule has 1 aliphatic rings. The van der Waals surface area contributed by atoms with E-state index in [0.29, 0.717) is 12.4 Å². The first kappa shape index (κ1) is 19.4. The lowest BCUT2D eigenvalue weighted by atomic mass is 10.00. The summed E-state index contributed by atoms with van der Waals surface area (Å²) in [6.45, 7) is 1.43. The van der Waals surface area contributed by atoms with E-state index in [1.165, 1.54) is 11.1 Å². The van der Waals surface area contributed by atoms with Gasteiger partial charge in [0.15, 0.2) is 5.82 Å². The zero-order valence-corrected chi connectivity index (χ0v) is 17.7. The van der Waals surface area contributed by atoms with Gasteiger partial charge in [0, 0.05) is 17.7 Å². The summed E-state index contributed by atoms with van der Waals surface area (Å²) in [5, 5.41) is 9.20. The highest BCUT2D eigenvalue weighted by Gasteiger charge is 2.23. The highest BCUT2D eigenvalue weighted by molar-refractivity contribution is 5.84. The van der Waals surface area contributed by atoms with Crippen LogP contribution in [0.5, 0.6) is 5.75 Å². The monoisotopic (exact) mass is 408 g/mol. The molecule has 5 rings (SSSR count). The maximum Gasteiger partial charge on any atom is 0.186 e. The van der Waals surface area contributed by atoms with Gasteiger partial charge in [0.1, 0.15) is 23.7 Å². The zero-order chi connectivity index (χ0) is 21.2.